The highest BCUT2D eigenvalue weighted by atomic mass is 79.9. The zero-order chi connectivity index (χ0) is 38.1. The maximum Gasteiger partial charge on any atom is 0.275 e. The van der Waals surface area contributed by atoms with Crippen molar-refractivity contribution in [2.75, 3.05) is 0 Å². The first-order valence-electron chi connectivity index (χ1n) is 17.2. The topological polar surface area (TPSA) is 46.2 Å². The van der Waals surface area contributed by atoms with Crippen molar-refractivity contribution in [3.05, 3.63) is 97.4 Å². The molecule has 51 heavy (non-hydrogen) atoms. The molecular formula is C42H54Br2O5P2. The molecule has 0 aliphatic rings. The molecule has 2 unspecified atom stereocenters. The smallest absolute Gasteiger partial charge is 0.275 e. The molecule has 9 heteroatoms. The number of halogens is 2. The third-order valence-electron chi connectivity index (χ3n) is 8.39. The predicted molar refractivity (Wildman–Crippen MR) is 225 cm³/mol. The van der Waals surface area contributed by atoms with Crippen molar-refractivity contribution in [2.45, 2.75) is 119 Å². The van der Waals surface area contributed by atoms with Crippen LogP contribution in [0.15, 0.2) is 69.6 Å². The Morgan fingerprint density at radius 3 is 1.25 bits per heavy atom. The van der Waals surface area contributed by atoms with Crippen LogP contribution in [0.3, 0.4) is 0 Å². The van der Waals surface area contributed by atoms with Gasteiger partial charge in [-0.2, -0.15) is 0 Å². The molecule has 4 rings (SSSR count). The molecule has 0 aliphatic heterocycles. The Labute approximate surface area is 327 Å². The van der Waals surface area contributed by atoms with Crippen molar-refractivity contribution in [1.82, 2.24) is 0 Å². The van der Waals surface area contributed by atoms with E-state index < -0.39 is 5.60 Å². The Hall–Kier alpha value is -2.30. The lowest BCUT2D eigenvalue weighted by Crippen LogP contribution is -2.24. The lowest BCUT2D eigenvalue weighted by molar-refractivity contribution is 0.129. The molecule has 276 valence electrons. The molecule has 0 amide bonds. The summed E-state index contributed by atoms with van der Waals surface area (Å²) in [5.41, 5.74) is 6.17. The van der Waals surface area contributed by atoms with Gasteiger partial charge in [0.2, 0.25) is 0 Å². The summed E-state index contributed by atoms with van der Waals surface area (Å²) in [6.07, 6.45) is 0. The fourth-order valence-corrected chi connectivity index (χ4v) is 8.14. The van der Waals surface area contributed by atoms with Gasteiger partial charge in [-0.05, 0) is 124 Å². The van der Waals surface area contributed by atoms with Gasteiger partial charge in [0.25, 0.3) is 18.1 Å². The van der Waals surface area contributed by atoms with E-state index in [0.717, 1.165) is 71.1 Å². The van der Waals surface area contributed by atoms with Crippen LogP contribution in [0.25, 0.3) is 11.1 Å². The van der Waals surface area contributed by atoms with Gasteiger partial charge >= 0.3 is 0 Å². The molecular weight excluding hydrogens is 806 g/mol. The van der Waals surface area contributed by atoms with E-state index in [2.05, 4.69) is 141 Å². The first-order valence-corrected chi connectivity index (χ1v) is 20.4. The number of rotatable bonds is 10. The van der Waals surface area contributed by atoms with E-state index in [0.29, 0.717) is 0 Å². The molecule has 5 nitrogen and oxygen atoms in total. The summed E-state index contributed by atoms with van der Waals surface area (Å²) in [5.74, 6) is 3.77. The molecule has 0 aromatic heterocycles. The van der Waals surface area contributed by atoms with Gasteiger partial charge in [0.05, 0.1) is 8.95 Å². The van der Waals surface area contributed by atoms with Crippen molar-refractivity contribution in [3.8, 4) is 39.9 Å². The van der Waals surface area contributed by atoms with E-state index in [1.807, 2.05) is 48.5 Å². The molecule has 2 atom stereocenters. The molecule has 4 aromatic rings. The largest absolute Gasteiger partial charge is 0.488 e. The summed E-state index contributed by atoms with van der Waals surface area (Å²) in [7, 11) is -0.611. The summed E-state index contributed by atoms with van der Waals surface area (Å²) in [5, 5.41) is 0. The highest BCUT2D eigenvalue weighted by Crippen LogP contribution is 2.55. The van der Waals surface area contributed by atoms with Crippen LogP contribution in [0.4, 0.5) is 0 Å². The van der Waals surface area contributed by atoms with Gasteiger partial charge in [-0.25, -0.2) is 0 Å². The summed E-state index contributed by atoms with van der Waals surface area (Å²) >= 11 is 7.25. The summed E-state index contributed by atoms with van der Waals surface area (Å²) in [6, 6.07) is 20.1. The van der Waals surface area contributed by atoms with Crippen LogP contribution in [0.2, 0.25) is 0 Å². The SMILES string of the molecule is Cc1c(OC(C)(C)C)cc(C(C)(C)C)c(OPOc2ccccc2Br)c1-c1c(C)c(C(C)(C)C)cc(C(C)(C)C)c1OPOc1ccccc1Br. The third-order valence-corrected chi connectivity index (χ3v) is 10.9. The summed E-state index contributed by atoms with van der Waals surface area (Å²) < 4.78 is 34.8. The molecule has 0 saturated carbocycles. The number of hydrogen-bond acceptors (Lipinski definition) is 5. The number of ether oxygens (including phenoxy) is 1. The maximum atomic E-state index is 6.88. The molecule has 0 radical (unpaired) electrons. The van der Waals surface area contributed by atoms with E-state index in [1.165, 1.54) is 5.56 Å². The molecule has 0 spiro atoms. The van der Waals surface area contributed by atoms with Crippen molar-refractivity contribution >= 4 is 49.9 Å². The van der Waals surface area contributed by atoms with Gasteiger partial charge in [-0.15, -0.1) is 0 Å². The van der Waals surface area contributed by atoms with E-state index in [9.17, 15) is 0 Å². The van der Waals surface area contributed by atoms with Gasteiger partial charge in [0.1, 0.15) is 34.3 Å². The van der Waals surface area contributed by atoms with Gasteiger partial charge in [0.15, 0.2) is 0 Å². The Kier molecular flexibility index (Phi) is 13.0. The van der Waals surface area contributed by atoms with Crippen LogP contribution < -0.4 is 22.8 Å². The van der Waals surface area contributed by atoms with Crippen LogP contribution in [0, 0.1) is 13.8 Å². The second-order valence-electron chi connectivity index (χ2n) is 17.0. The van der Waals surface area contributed by atoms with Gasteiger partial charge in [-0.1, -0.05) is 92.6 Å². The number of para-hydroxylation sites is 2. The zero-order valence-corrected chi connectivity index (χ0v) is 37.7. The minimum atomic E-state index is -0.430. The fourth-order valence-electron chi connectivity index (χ4n) is 5.90. The van der Waals surface area contributed by atoms with Crippen LogP contribution >= 0.6 is 49.9 Å². The first kappa shape index (κ1) is 41.5. The number of hydrogen-bond donors (Lipinski definition) is 0. The monoisotopic (exact) mass is 858 g/mol. The van der Waals surface area contributed by atoms with Gasteiger partial charge < -0.3 is 22.8 Å². The first-order chi connectivity index (χ1) is 23.5. The van der Waals surface area contributed by atoms with Crippen LogP contribution in [0.5, 0.6) is 28.7 Å². The molecule has 4 aromatic carbocycles. The number of benzene rings is 4. The van der Waals surface area contributed by atoms with Crippen molar-refractivity contribution < 1.29 is 22.8 Å². The highest BCUT2D eigenvalue weighted by Gasteiger charge is 2.35. The zero-order valence-electron chi connectivity index (χ0n) is 32.6. The van der Waals surface area contributed by atoms with E-state index in [1.54, 1.807) is 0 Å². The van der Waals surface area contributed by atoms with Gasteiger partial charge in [-0.3, -0.25) is 0 Å². The quantitative estimate of drug-likeness (QED) is 0.149. The molecule has 0 N–H and O–H groups in total. The van der Waals surface area contributed by atoms with Crippen molar-refractivity contribution in [2.24, 2.45) is 0 Å². The average Bonchev–Trinajstić information content (AvgIpc) is 2.98. The normalized spacial score (nSPS) is 12.9. The highest BCUT2D eigenvalue weighted by molar-refractivity contribution is 9.11. The van der Waals surface area contributed by atoms with Crippen LogP contribution in [-0.4, -0.2) is 5.60 Å². The average molecular weight is 861 g/mol. The summed E-state index contributed by atoms with van der Waals surface area (Å²) in [6.45, 7) is 30.7. The second kappa shape index (κ2) is 16.0. The summed E-state index contributed by atoms with van der Waals surface area (Å²) in [4.78, 5) is 0. The molecule has 0 bridgehead atoms. The van der Waals surface area contributed by atoms with E-state index in [-0.39, 0.29) is 34.3 Å². The molecule has 0 saturated heterocycles. The third kappa shape index (κ3) is 10.2. The predicted octanol–water partition coefficient (Wildman–Crippen LogP) is 14.5. The lowest BCUT2D eigenvalue weighted by atomic mass is 9.74. The van der Waals surface area contributed by atoms with Crippen LogP contribution in [-0.2, 0) is 16.2 Å². The van der Waals surface area contributed by atoms with E-state index >= 15 is 0 Å². The molecule has 0 aliphatic carbocycles. The lowest BCUT2D eigenvalue weighted by Gasteiger charge is -2.34. The van der Waals surface area contributed by atoms with Crippen LogP contribution in [0.1, 0.15) is 111 Å². The Morgan fingerprint density at radius 2 is 0.863 bits per heavy atom. The minimum Gasteiger partial charge on any atom is -0.488 e. The molecule has 0 heterocycles. The fraction of sp³-hybridized carbons (Fsp3) is 0.429. The van der Waals surface area contributed by atoms with E-state index in [4.69, 9.17) is 22.8 Å². The Balaban J connectivity index is 2.10. The Morgan fingerprint density at radius 1 is 0.471 bits per heavy atom. The van der Waals surface area contributed by atoms with Crippen molar-refractivity contribution in [3.63, 3.8) is 0 Å². The second-order valence-corrected chi connectivity index (χ2v) is 19.8. The van der Waals surface area contributed by atoms with Crippen molar-refractivity contribution in [1.29, 1.82) is 0 Å². The molecule has 0 fully saturated rings. The van der Waals surface area contributed by atoms with Gasteiger partial charge in [0, 0.05) is 27.8 Å². The Bertz CT molecular complexity index is 1860. The minimum absolute atomic E-state index is 0.156. The standard InChI is InChI=1S/C42H54Br2O5P2/c1-25-27(39(3,4)5)23-28(40(6,7)8)37(48-50-46-32-21-17-15-19-30(32)43)35(25)36-26(2)34(45-42(12,13)14)24-29(41(9,10)11)38(36)49-51-47-33-22-18-16-20-31(33)44/h15-24,50-51H,1-14H3. The maximum absolute atomic E-state index is 6.88.